The van der Waals surface area contributed by atoms with E-state index >= 15 is 0 Å². The molecule has 212 valence electrons. The summed E-state index contributed by atoms with van der Waals surface area (Å²) in [6.45, 7) is 6.00. The van der Waals surface area contributed by atoms with E-state index in [9.17, 15) is 13.2 Å². The minimum Gasteiger partial charge on any atom is -0.490 e. The van der Waals surface area contributed by atoms with Crippen LogP contribution < -0.4 is 19.2 Å². The number of hydrazone groups is 1. The summed E-state index contributed by atoms with van der Waals surface area (Å²) in [5, 5.41) is 4.07. The molecule has 9 heteroatoms. The molecule has 0 aliphatic rings. The maximum absolute atomic E-state index is 13.6. The largest absolute Gasteiger partial charge is 0.490 e. The third kappa shape index (κ3) is 7.52. The Morgan fingerprint density at radius 1 is 0.878 bits per heavy atom. The number of ether oxygens (including phenoxy) is 2. The van der Waals surface area contributed by atoms with Crippen LogP contribution >= 0.6 is 0 Å². The number of carbonyl (C=O) groups is 1. The third-order valence-electron chi connectivity index (χ3n) is 6.37. The van der Waals surface area contributed by atoms with Crippen LogP contribution in [0.25, 0.3) is 0 Å². The molecule has 0 saturated heterocycles. The second kappa shape index (κ2) is 13.6. The molecule has 4 aromatic carbocycles. The SMILES string of the molecule is CCOc1cc(/C=N\NC(=O)CN(c2cccc(C)c2C)S(=O)(=O)c2ccccc2)ccc1OCc1ccccc1. The number of nitrogens with zero attached hydrogens (tertiary/aromatic N) is 2. The standard InChI is InChI=1S/C32H33N3O5S/c1-4-39-31-20-27(18-19-30(31)40-23-26-13-7-5-8-14-26)21-33-34-32(36)22-35(29-17-11-12-24(2)25(29)3)41(37,38)28-15-9-6-10-16-28/h5-21H,4,22-23H2,1-3H3,(H,34,36)/b33-21-. The fourth-order valence-corrected chi connectivity index (χ4v) is 5.60. The Labute approximate surface area is 241 Å². The Bertz CT molecular complexity index is 1610. The van der Waals surface area contributed by atoms with Crippen molar-refractivity contribution >= 4 is 27.8 Å². The Balaban J connectivity index is 1.49. The van der Waals surface area contributed by atoms with Gasteiger partial charge in [0.05, 0.1) is 23.4 Å². The zero-order valence-electron chi connectivity index (χ0n) is 23.3. The first-order valence-electron chi connectivity index (χ1n) is 13.2. The van der Waals surface area contributed by atoms with Crippen LogP contribution in [0.2, 0.25) is 0 Å². The Kier molecular flexibility index (Phi) is 9.76. The third-order valence-corrected chi connectivity index (χ3v) is 8.14. The lowest BCUT2D eigenvalue weighted by atomic mass is 10.1. The van der Waals surface area contributed by atoms with E-state index in [1.165, 1.54) is 18.3 Å². The van der Waals surface area contributed by atoms with Crippen molar-refractivity contribution in [2.75, 3.05) is 17.5 Å². The monoisotopic (exact) mass is 571 g/mol. The first-order chi connectivity index (χ1) is 19.8. The minimum absolute atomic E-state index is 0.0928. The molecule has 0 spiro atoms. The van der Waals surface area contributed by atoms with E-state index in [0.29, 0.717) is 36.0 Å². The molecule has 0 unspecified atom stereocenters. The minimum atomic E-state index is -4.02. The van der Waals surface area contributed by atoms with Crippen LogP contribution in [0.4, 0.5) is 5.69 Å². The Morgan fingerprint density at radius 2 is 1.59 bits per heavy atom. The molecule has 0 aromatic heterocycles. The molecule has 1 amide bonds. The predicted octanol–water partition coefficient (Wildman–Crippen LogP) is 5.63. The van der Waals surface area contributed by atoms with Crippen molar-refractivity contribution in [3.8, 4) is 11.5 Å². The van der Waals surface area contributed by atoms with Gasteiger partial charge in [0, 0.05) is 0 Å². The molecule has 8 nitrogen and oxygen atoms in total. The molecule has 0 atom stereocenters. The number of sulfonamides is 1. The van der Waals surface area contributed by atoms with Gasteiger partial charge in [0.15, 0.2) is 11.5 Å². The van der Waals surface area contributed by atoms with Gasteiger partial charge in [-0.3, -0.25) is 9.10 Å². The zero-order chi connectivity index (χ0) is 29.2. The zero-order valence-corrected chi connectivity index (χ0v) is 24.1. The fourth-order valence-electron chi connectivity index (χ4n) is 4.10. The predicted molar refractivity (Wildman–Crippen MR) is 161 cm³/mol. The van der Waals surface area contributed by atoms with Crippen molar-refractivity contribution in [3.63, 3.8) is 0 Å². The van der Waals surface area contributed by atoms with E-state index in [1.54, 1.807) is 48.5 Å². The molecule has 41 heavy (non-hydrogen) atoms. The summed E-state index contributed by atoms with van der Waals surface area (Å²) in [6.07, 6.45) is 1.47. The molecule has 0 aliphatic heterocycles. The number of hydrogen-bond acceptors (Lipinski definition) is 6. The number of rotatable bonds is 12. The average molecular weight is 572 g/mol. The van der Waals surface area contributed by atoms with Gasteiger partial charge in [0.25, 0.3) is 15.9 Å². The topological polar surface area (TPSA) is 97.3 Å². The van der Waals surface area contributed by atoms with E-state index in [0.717, 1.165) is 21.0 Å². The van der Waals surface area contributed by atoms with Crippen molar-refractivity contribution in [2.24, 2.45) is 5.10 Å². The van der Waals surface area contributed by atoms with Crippen molar-refractivity contribution in [2.45, 2.75) is 32.3 Å². The van der Waals surface area contributed by atoms with Gasteiger partial charge in [0.2, 0.25) is 0 Å². The summed E-state index contributed by atoms with van der Waals surface area (Å²) in [6, 6.07) is 28.6. The quantitative estimate of drug-likeness (QED) is 0.176. The maximum atomic E-state index is 13.6. The highest BCUT2D eigenvalue weighted by atomic mass is 32.2. The summed E-state index contributed by atoms with van der Waals surface area (Å²) in [5.74, 6) is 0.551. The summed E-state index contributed by atoms with van der Waals surface area (Å²) < 4.78 is 40.0. The molecule has 4 aromatic rings. The van der Waals surface area contributed by atoms with Crippen LogP contribution in [0.3, 0.4) is 0 Å². The van der Waals surface area contributed by atoms with Crippen molar-refractivity contribution in [1.82, 2.24) is 5.43 Å². The maximum Gasteiger partial charge on any atom is 0.264 e. The van der Waals surface area contributed by atoms with Gasteiger partial charge in [-0.15, -0.1) is 0 Å². The molecule has 0 bridgehead atoms. The lowest BCUT2D eigenvalue weighted by molar-refractivity contribution is -0.119. The van der Waals surface area contributed by atoms with Crippen molar-refractivity contribution in [1.29, 1.82) is 0 Å². The van der Waals surface area contributed by atoms with Gasteiger partial charge in [-0.05, 0) is 79.4 Å². The smallest absolute Gasteiger partial charge is 0.264 e. The number of amides is 1. The highest BCUT2D eigenvalue weighted by Crippen LogP contribution is 2.30. The van der Waals surface area contributed by atoms with Crippen LogP contribution in [0, 0.1) is 13.8 Å². The summed E-state index contributed by atoms with van der Waals surface area (Å²) >= 11 is 0. The van der Waals surface area contributed by atoms with Crippen LogP contribution in [0.15, 0.2) is 107 Å². The lowest BCUT2D eigenvalue weighted by Gasteiger charge is -2.26. The molecular weight excluding hydrogens is 538 g/mol. The number of hydrogen-bond donors (Lipinski definition) is 1. The summed E-state index contributed by atoms with van der Waals surface area (Å²) in [5.41, 5.74) is 6.27. The molecule has 0 saturated carbocycles. The van der Waals surface area contributed by atoms with Gasteiger partial charge in [-0.25, -0.2) is 13.8 Å². The van der Waals surface area contributed by atoms with Crippen LogP contribution in [0.1, 0.15) is 29.2 Å². The van der Waals surface area contributed by atoms with Gasteiger partial charge in [-0.2, -0.15) is 5.10 Å². The Morgan fingerprint density at radius 3 is 2.29 bits per heavy atom. The first kappa shape index (κ1) is 29.4. The second-order valence-electron chi connectivity index (χ2n) is 9.25. The number of carbonyl (C=O) groups excluding carboxylic acids is 1. The number of anilines is 1. The molecule has 0 fully saturated rings. The second-order valence-corrected chi connectivity index (χ2v) is 11.1. The lowest BCUT2D eigenvalue weighted by Crippen LogP contribution is -2.40. The van der Waals surface area contributed by atoms with E-state index in [-0.39, 0.29) is 4.90 Å². The van der Waals surface area contributed by atoms with Gasteiger partial charge in [0.1, 0.15) is 13.2 Å². The van der Waals surface area contributed by atoms with E-state index in [2.05, 4.69) is 10.5 Å². The van der Waals surface area contributed by atoms with Gasteiger partial charge in [-0.1, -0.05) is 60.7 Å². The normalized spacial score (nSPS) is 11.3. The van der Waals surface area contributed by atoms with E-state index in [4.69, 9.17) is 9.47 Å². The Hall–Kier alpha value is -4.63. The van der Waals surface area contributed by atoms with Crippen LogP contribution in [0.5, 0.6) is 11.5 Å². The molecule has 4 rings (SSSR count). The molecule has 0 aliphatic carbocycles. The van der Waals surface area contributed by atoms with Crippen LogP contribution in [-0.2, 0) is 21.4 Å². The van der Waals surface area contributed by atoms with E-state index in [1.807, 2.05) is 57.2 Å². The van der Waals surface area contributed by atoms with Crippen molar-refractivity contribution in [3.05, 3.63) is 119 Å². The molecular formula is C32H33N3O5S. The highest BCUT2D eigenvalue weighted by Gasteiger charge is 2.28. The number of benzene rings is 4. The van der Waals surface area contributed by atoms with E-state index < -0.39 is 22.5 Å². The number of aryl methyl sites for hydroxylation is 1. The van der Waals surface area contributed by atoms with Crippen LogP contribution in [-0.4, -0.2) is 33.7 Å². The average Bonchev–Trinajstić information content (AvgIpc) is 2.98. The summed E-state index contributed by atoms with van der Waals surface area (Å²) in [4.78, 5) is 13.1. The van der Waals surface area contributed by atoms with Gasteiger partial charge < -0.3 is 9.47 Å². The molecule has 1 N–H and O–H groups in total. The fraction of sp³-hybridized carbons (Fsp3) is 0.188. The van der Waals surface area contributed by atoms with Gasteiger partial charge >= 0.3 is 0 Å². The number of nitrogens with one attached hydrogen (secondary N) is 1. The first-order valence-corrected chi connectivity index (χ1v) is 14.6. The summed E-state index contributed by atoms with van der Waals surface area (Å²) in [7, 11) is -4.02. The highest BCUT2D eigenvalue weighted by molar-refractivity contribution is 7.92. The molecule has 0 heterocycles. The van der Waals surface area contributed by atoms with Crippen molar-refractivity contribution < 1.29 is 22.7 Å². The molecule has 0 radical (unpaired) electrons.